The molecule has 0 atom stereocenters. The number of hydrogen-bond acceptors (Lipinski definition) is 8. The molecule has 0 N–H and O–H groups in total. The van der Waals surface area contributed by atoms with Crippen molar-refractivity contribution in [3.8, 4) is 0 Å². The maximum absolute atomic E-state index is 12.5. The summed E-state index contributed by atoms with van der Waals surface area (Å²) in [6, 6.07) is 0. The van der Waals surface area contributed by atoms with E-state index < -0.39 is 12.2 Å². The number of amides is 1. The number of halogens is 1. The molecule has 0 aromatic carbocycles. The fraction of sp³-hybridized carbons (Fsp3) is 0.632. The van der Waals surface area contributed by atoms with E-state index >= 15 is 0 Å². The Bertz CT molecular complexity index is 844. The second-order valence-electron chi connectivity index (χ2n) is 6.52. The van der Waals surface area contributed by atoms with Crippen molar-refractivity contribution in [3.63, 3.8) is 0 Å². The van der Waals surface area contributed by atoms with Gasteiger partial charge in [0.2, 0.25) is 0 Å². The molecule has 0 aliphatic heterocycles. The van der Waals surface area contributed by atoms with Gasteiger partial charge in [0.1, 0.15) is 11.8 Å². The van der Waals surface area contributed by atoms with Crippen LogP contribution in [0.5, 0.6) is 0 Å². The van der Waals surface area contributed by atoms with Gasteiger partial charge in [0.05, 0.1) is 19.8 Å². The molecule has 0 aliphatic rings. The molecule has 0 spiro atoms. The summed E-state index contributed by atoms with van der Waals surface area (Å²) in [5, 5.41) is 0.830. The highest BCUT2D eigenvalue weighted by Gasteiger charge is 2.25. The van der Waals surface area contributed by atoms with Crippen molar-refractivity contribution < 1.29 is 23.9 Å². The third kappa shape index (κ3) is 6.27. The predicted molar refractivity (Wildman–Crippen MR) is 112 cm³/mol. The SMILES string of the molecule is CCCCOC(=O)N(OCCCC)c1nc(Cl)c2ncn(C(=O)OCCCC)c2n1. The molecule has 2 rings (SSSR count). The number of carbonyl (C=O) groups is 2. The topological polar surface area (TPSA) is 109 Å². The van der Waals surface area contributed by atoms with Gasteiger partial charge in [-0.15, -0.1) is 5.06 Å². The monoisotopic (exact) mass is 441 g/mol. The number of hydroxylamine groups is 1. The zero-order chi connectivity index (χ0) is 21.9. The van der Waals surface area contributed by atoms with Crippen LogP contribution in [0.1, 0.15) is 59.3 Å². The molecule has 0 radical (unpaired) electrons. The first kappa shape index (κ1) is 23.8. The molecule has 11 heteroatoms. The summed E-state index contributed by atoms with van der Waals surface area (Å²) in [6.07, 6.45) is 4.66. The summed E-state index contributed by atoms with van der Waals surface area (Å²) in [4.78, 5) is 42.9. The van der Waals surface area contributed by atoms with Gasteiger partial charge in [0.15, 0.2) is 10.8 Å². The predicted octanol–water partition coefficient (Wildman–Crippen LogP) is 4.74. The van der Waals surface area contributed by atoms with Gasteiger partial charge in [0.25, 0.3) is 5.95 Å². The Kier molecular flexibility index (Phi) is 9.75. The highest BCUT2D eigenvalue weighted by atomic mass is 35.5. The summed E-state index contributed by atoms with van der Waals surface area (Å²) < 4.78 is 11.6. The lowest BCUT2D eigenvalue weighted by molar-refractivity contribution is 0.0707. The van der Waals surface area contributed by atoms with Crippen molar-refractivity contribution in [3.05, 3.63) is 11.5 Å². The van der Waals surface area contributed by atoms with Crippen LogP contribution in [-0.2, 0) is 14.3 Å². The van der Waals surface area contributed by atoms with Crippen LogP contribution in [-0.4, -0.2) is 51.5 Å². The lowest BCUT2D eigenvalue weighted by Crippen LogP contribution is -2.34. The lowest BCUT2D eigenvalue weighted by atomic mass is 10.4. The zero-order valence-electron chi connectivity index (χ0n) is 17.6. The summed E-state index contributed by atoms with van der Waals surface area (Å²) >= 11 is 6.23. The number of ether oxygens (including phenoxy) is 2. The number of hydrogen-bond donors (Lipinski definition) is 0. The number of nitrogens with zero attached hydrogens (tertiary/aromatic N) is 5. The van der Waals surface area contributed by atoms with Gasteiger partial charge in [-0.2, -0.15) is 9.97 Å². The van der Waals surface area contributed by atoms with E-state index in [4.69, 9.17) is 25.9 Å². The summed E-state index contributed by atoms with van der Waals surface area (Å²) in [5.74, 6) is -0.145. The van der Waals surface area contributed by atoms with Gasteiger partial charge in [-0.25, -0.2) is 19.1 Å². The molecule has 30 heavy (non-hydrogen) atoms. The number of aromatic nitrogens is 4. The average Bonchev–Trinajstić information content (AvgIpc) is 3.16. The first-order chi connectivity index (χ1) is 14.5. The van der Waals surface area contributed by atoms with Gasteiger partial charge in [-0.05, 0) is 19.3 Å². The molecular formula is C19H28ClN5O5. The minimum Gasteiger partial charge on any atom is -0.449 e. The molecule has 2 heterocycles. The van der Waals surface area contributed by atoms with Crippen LogP contribution in [0, 0.1) is 0 Å². The molecule has 10 nitrogen and oxygen atoms in total. The van der Waals surface area contributed by atoms with E-state index in [-0.39, 0.29) is 42.1 Å². The number of rotatable bonds is 11. The standard InChI is InChI=1S/C19H28ClN5O5/c1-4-7-10-28-18(26)24-13-21-14-15(20)22-17(23-16(14)24)25(30-12-9-6-3)19(27)29-11-8-5-2/h13H,4-12H2,1-3H3. The van der Waals surface area contributed by atoms with E-state index in [2.05, 4.69) is 15.0 Å². The van der Waals surface area contributed by atoms with Gasteiger partial charge in [-0.3, -0.25) is 4.84 Å². The fourth-order valence-electron chi connectivity index (χ4n) is 2.31. The van der Waals surface area contributed by atoms with Gasteiger partial charge in [-0.1, -0.05) is 51.6 Å². The smallest absolute Gasteiger partial charge is 0.441 e. The van der Waals surface area contributed by atoms with Crippen LogP contribution in [0.25, 0.3) is 11.2 Å². The number of imidazole rings is 1. The molecule has 0 saturated heterocycles. The Labute approximate surface area is 180 Å². The maximum Gasteiger partial charge on any atom is 0.441 e. The van der Waals surface area contributed by atoms with Gasteiger partial charge < -0.3 is 9.47 Å². The average molecular weight is 442 g/mol. The minimum absolute atomic E-state index is 0.0273. The molecule has 0 aliphatic carbocycles. The highest BCUT2D eigenvalue weighted by molar-refractivity contribution is 6.33. The Morgan fingerprint density at radius 1 is 1.00 bits per heavy atom. The van der Waals surface area contributed by atoms with E-state index in [0.29, 0.717) is 6.42 Å². The van der Waals surface area contributed by atoms with Crippen LogP contribution < -0.4 is 5.06 Å². The van der Waals surface area contributed by atoms with Crippen LogP contribution >= 0.6 is 11.6 Å². The first-order valence-electron chi connectivity index (χ1n) is 10.2. The lowest BCUT2D eigenvalue weighted by Gasteiger charge is -2.19. The van der Waals surface area contributed by atoms with Gasteiger partial charge >= 0.3 is 12.2 Å². The third-order valence-electron chi connectivity index (χ3n) is 4.05. The van der Waals surface area contributed by atoms with E-state index in [1.54, 1.807) is 0 Å². The van der Waals surface area contributed by atoms with Crippen molar-refractivity contribution in [2.75, 3.05) is 24.9 Å². The zero-order valence-corrected chi connectivity index (χ0v) is 18.4. The molecule has 0 fully saturated rings. The number of anilines is 1. The van der Waals surface area contributed by atoms with E-state index in [1.165, 1.54) is 6.33 Å². The highest BCUT2D eigenvalue weighted by Crippen LogP contribution is 2.23. The summed E-state index contributed by atoms with van der Waals surface area (Å²) in [6.45, 7) is 6.75. The Balaban J connectivity index is 2.33. The van der Waals surface area contributed by atoms with Crippen molar-refractivity contribution in [2.24, 2.45) is 0 Å². The van der Waals surface area contributed by atoms with Crippen molar-refractivity contribution >= 4 is 40.9 Å². The second-order valence-corrected chi connectivity index (χ2v) is 6.88. The number of fused-ring (bicyclic) bond motifs is 1. The van der Waals surface area contributed by atoms with Crippen LogP contribution in [0.15, 0.2) is 6.33 Å². The summed E-state index contributed by atoms with van der Waals surface area (Å²) in [5.41, 5.74) is 0.317. The maximum atomic E-state index is 12.5. The minimum atomic E-state index is -0.758. The molecule has 2 aromatic heterocycles. The van der Waals surface area contributed by atoms with Crippen molar-refractivity contribution in [1.29, 1.82) is 0 Å². The number of carbonyl (C=O) groups excluding carboxylic acids is 2. The largest absolute Gasteiger partial charge is 0.449 e. The molecule has 1 amide bonds. The first-order valence-corrected chi connectivity index (χ1v) is 10.6. The molecule has 0 bridgehead atoms. The van der Waals surface area contributed by atoms with E-state index in [9.17, 15) is 9.59 Å². The van der Waals surface area contributed by atoms with Crippen LogP contribution in [0.2, 0.25) is 5.15 Å². The quantitative estimate of drug-likeness (QED) is 0.279. The molecular weight excluding hydrogens is 414 g/mol. The number of unbranched alkanes of at least 4 members (excludes halogenated alkanes) is 3. The molecule has 2 aromatic rings. The van der Waals surface area contributed by atoms with Crippen molar-refractivity contribution in [1.82, 2.24) is 19.5 Å². The summed E-state index contributed by atoms with van der Waals surface area (Å²) in [7, 11) is 0. The van der Waals surface area contributed by atoms with E-state index in [0.717, 1.165) is 41.7 Å². The third-order valence-corrected chi connectivity index (χ3v) is 4.31. The van der Waals surface area contributed by atoms with E-state index in [1.807, 2.05) is 20.8 Å². The Hall–Kier alpha value is -2.46. The Morgan fingerprint density at radius 3 is 2.30 bits per heavy atom. The van der Waals surface area contributed by atoms with Crippen LogP contribution in [0.3, 0.4) is 0 Å². The van der Waals surface area contributed by atoms with Crippen molar-refractivity contribution in [2.45, 2.75) is 59.3 Å². The molecule has 0 unspecified atom stereocenters. The second kappa shape index (κ2) is 12.3. The molecule has 166 valence electrons. The Morgan fingerprint density at radius 2 is 1.63 bits per heavy atom. The van der Waals surface area contributed by atoms with Crippen LogP contribution in [0.4, 0.5) is 15.5 Å². The fourth-order valence-corrected chi connectivity index (χ4v) is 2.52. The normalized spacial score (nSPS) is 10.9. The van der Waals surface area contributed by atoms with Gasteiger partial charge in [0, 0.05) is 0 Å². The molecule has 0 saturated carbocycles.